The fraction of sp³-hybridized carbons (Fsp3) is 0.211. The molecule has 0 amide bonds. The summed E-state index contributed by atoms with van der Waals surface area (Å²) in [5, 5.41) is 9.47. The molecule has 0 saturated heterocycles. The number of nitrogens with zero attached hydrogens (tertiary/aromatic N) is 3. The molecule has 1 aromatic heterocycles. The van der Waals surface area contributed by atoms with Crippen LogP contribution in [0.1, 0.15) is 17.3 Å². The Morgan fingerprint density at radius 1 is 1.25 bits per heavy atom. The van der Waals surface area contributed by atoms with Crippen LogP contribution in [0.5, 0.6) is 5.75 Å². The van der Waals surface area contributed by atoms with E-state index in [-0.39, 0.29) is 12.4 Å². The number of rotatable bonds is 5. The van der Waals surface area contributed by atoms with E-state index in [0.29, 0.717) is 11.6 Å². The van der Waals surface area contributed by atoms with Crippen molar-refractivity contribution in [3.63, 3.8) is 0 Å². The summed E-state index contributed by atoms with van der Waals surface area (Å²) < 4.78 is 7.37. The lowest BCUT2D eigenvalue weighted by atomic mass is 10.1. The fourth-order valence-corrected chi connectivity index (χ4v) is 2.65. The van der Waals surface area contributed by atoms with E-state index in [1.807, 2.05) is 56.4 Å². The first-order chi connectivity index (χ1) is 11.6. The number of fused-ring (bicyclic) bond motifs is 1. The van der Waals surface area contributed by atoms with Crippen molar-refractivity contribution in [2.75, 3.05) is 6.61 Å². The van der Waals surface area contributed by atoms with E-state index in [1.54, 1.807) is 10.6 Å². The molecule has 1 heterocycles. The molecular weight excluding hydrogens is 302 g/mol. The molecule has 3 aromatic rings. The number of para-hydroxylation sites is 3. The van der Waals surface area contributed by atoms with Crippen LogP contribution in [-0.4, -0.2) is 21.9 Å². The number of carbonyl (C=O) groups excluding carboxylic acids is 1. The lowest BCUT2D eigenvalue weighted by Crippen LogP contribution is -2.21. The van der Waals surface area contributed by atoms with Gasteiger partial charge in [0, 0.05) is 7.05 Å². The molecule has 24 heavy (non-hydrogen) atoms. The number of aromatic nitrogens is 2. The van der Waals surface area contributed by atoms with E-state index >= 15 is 0 Å². The van der Waals surface area contributed by atoms with Crippen LogP contribution in [-0.2, 0) is 11.8 Å². The number of benzene rings is 2. The topological polar surface area (TPSA) is 67.9 Å². The maximum Gasteiger partial charge on any atom is 0.194 e. The summed E-state index contributed by atoms with van der Waals surface area (Å²) in [6.07, 6.45) is 0. The second kappa shape index (κ2) is 6.55. The van der Waals surface area contributed by atoms with Crippen molar-refractivity contribution in [3.8, 4) is 11.8 Å². The average molecular weight is 319 g/mol. The highest BCUT2D eigenvalue weighted by Crippen LogP contribution is 2.22. The van der Waals surface area contributed by atoms with Crippen LogP contribution in [0.4, 0.5) is 0 Å². The van der Waals surface area contributed by atoms with Gasteiger partial charge in [-0.1, -0.05) is 30.3 Å². The van der Waals surface area contributed by atoms with Gasteiger partial charge in [-0.25, -0.2) is 4.98 Å². The van der Waals surface area contributed by atoms with Crippen molar-refractivity contribution in [1.29, 1.82) is 5.26 Å². The number of nitriles is 1. The number of hydrogen-bond donors (Lipinski definition) is 0. The number of ketones is 1. The first kappa shape index (κ1) is 15.8. The fourth-order valence-electron chi connectivity index (χ4n) is 2.65. The van der Waals surface area contributed by atoms with Crippen molar-refractivity contribution in [1.82, 2.24) is 9.55 Å². The molecule has 0 fully saturated rings. The third-order valence-corrected chi connectivity index (χ3v) is 3.99. The van der Waals surface area contributed by atoms with Crippen LogP contribution < -0.4 is 4.74 Å². The minimum Gasteiger partial charge on any atom is -0.485 e. The molecule has 120 valence electrons. The van der Waals surface area contributed by atoms with Crippen molar-refractivity contribution in [2.24, 2.45) is 7.05 Å². The normalized spacial score (nSPS) is 11.9. The molecule has 1 unspecified atom stereocenters. The second-order valence-electron chi connectivity index (χ2n) is 5.60. The maximum atomic E-state index is 12.5. The summed E-state index contributed by atoms with van der Waals surface area (Å²) in [5.74, 6) is -0.171. The Bertz CT molecular complexity index is 937. The monoisotopic (exact) mass is 319 g/mol. The van der Waals surface area contributed by atoms with Gasteiger partial charge in [0.2, 0.25) is 0 Å². The van der Waals surface area contributed by atoms with Gasteiger partial charge in [0.05, 0.1) is 17.1 Å². The third-order valence-electron chi connectivity index (χ3n) is 3.99. The molecule has 0 radical (unpaired) electrons. The van der Waals surface area contributed by atoms with Gasteiger partial charge < -0.3 is 9.30 Å². The van der Waals surface area contributed by atoms with E-state index in [2.05, 4.69) is 11.1 Å². The summed E-state index contributed by atoms with van der Waals surface area (Å²) in [6.45, 7) is 1.75. The number of aryl methyl sites for hydroxylation is 2. The predicted molar refractivity (Wildman–Crippen MR) is 90.7 cm³/mol. The SMILES string of the molecule is Cc1ccccc1OCC(=O)C(C#N)c1nc2ccccc2n1C. The van der Waals surface area contributed by atoms with Crippen molar-refractivity contribution in [2.45, 2.75) is 12.8 Å². The first-order valence-corrected chi connectivity index (χ1v) is 7.64. The van der Waals surface area contributed by atoms with Gasteiger partial charge in [0.25, 0.3) is 0 Å². The summed E-state index contributed by atoms with van der Waals surface area (Å²) in [5.41, 5.74) is 2.60. The van der Waals surface area contributed by atoms with E-state index in [1.165, 1.54) is 0 Å². The van der Waals surface area contributed by atoms with Gasteiger partial charge in [0.1, 0.15) is 18.2 Å². The highest BCUT2D eigenvalue weighted by Gasteiger charge is 2.26. The highest BCUT2D eigenvalue weighted by atomic mass is 16.5. The van der Waals surface area contributed by atoms with E-state index in [4.69, 9.17) is 4.74 Å². The minimum absolute atomic E-state index is 0.160. The Labute approximate surface area is 140 Å². The van der Waals surface area contributed by atoms with Gasteiger partial charge in [-0.15, -0.1) is 0 Å². The van der Waals surface area contributed by atoms with Crippen molar-refractivity contribution in [3.05, 3.63) is 59.9 Å². The molecule has 0 saturated carbocycles. The molecule has 0 aliphatic rings. The molecule has 2 aromatic carbocycles. The Hall–Kier alpha value is -3.13. The first-order valence-electron chi connectivity index (χ1n) is 7.64. The minimum atomic E-state index is -0.952. The summed E-state index contributed by atoms with van der Waals surface area (Å²) in [6, 6.07) is 17.1. The molecule has 0 aliphatic carbocycles. The molecule has 5 nitrogen and oxygen atoms in total. The van der Waals surface area contributed by atoms with E-state index < -0.39 is 5.92 Å². The Morgan fingerprint density at radius 2 is 1.96 bits per heavy atom. The lowest BCUT2D eigenvalue weighted by Gasteiger charge is -2.11. The van der Waals surface area contributed by atoms with Crippen LogP contribution in [0.2, 0.25) is 0 Å². The molecule has 1 atom stereocenters. The maximum absolute atomic E-state index is 12.5. The van der Waals surface area contributed by atoms with Gasteiger partial charge in [-0.3, -0.25) is 4.79 Å². The number of hydrogen-bond acceptors (Lipinski definition) is 4. The Kier molecular flexibility index (Phi) is 4.30. The average Bonchev–Trinajstić information content (AvgIpc) is 2.92. The zero-order chi connectivity index (χ0) is 17.1. The summed E-state index contributed by atoms with van der Waals surface area (Å²) in [4.78, 5) is 16.9. The van der Waals surface area contributed by atoms with Gasteiger partial charge in [0.15, 0.2) is 11.7 Å². The van der Waals surface area contributed by atoms with Crippen LogP contribution in [0, 0.1) is 18.3 Å². The van der Waals surface area contributed by atoms with Crippen molar-refractivity contribution >= 4 is 16.8 Å². The Morgan fingerprint density at radius 3 is 2.67 bits per heavy atom. The lowest BCUT2D eigenvalue weighted by molar-refractivity contribution is -0.121. The van der Waals surface area contributed by atoms with Crippen LogP contribution in [0.15, 0.2) is 48.5 Å². The molecule has 0 bridgehead atoms. The van der Waals surface area contributed by atoms with Crippen LogP contribution in [0.3, 0.4) is 0 Å². The third kappa shape index (κ3) is 2.86. The zero-order valence-electron chi connectivity index (χ0n) is 13.6. The van der Waals surface area contributed by atoms with Crippen LogP contribution >= 0.6 is 0 Å². The molecule has 0 aliphatic heterocycles. The van der Waals surface area contributed by atoms with E-state index in [9.17, 15) is 10.1 Å². The number of carbonyl (C=O) groups is 1. The van der Waals surface area contributed by atoms with Gasteiger partial charge >= 0.3 is 0 Å². The highest BCUT2D eigenvalue weighted by molar-refractivity contribution is 5.90. The van der Waals surface area contributed by atoms with Crippen molar-refractivity contribution < 1.29 is 9.53 Å². The smallest absolute Gasteiger partial charge is 0.194 e. The van der Waals surface area contributed by atoms with Crippen LogP contribution in [0.25, 0.3) is 11.0 Å². The van der Waals surface area contributed by atoms with Gasteiger partial charge in [-0.05, 0) is 30.7 Å². The summed E-state index contributed by atoms with van der Waals surface area (Å²) >= 11 is 0. The zero-order valence-corrected chi connectivity index (χ0v) is 13.6. The Balaban J connectivity index is 1.83. The molecule has 0 spiro atoms. The summed E-state index contributed by atoms with van der Waals surface area (Å²) in [7, 11) is 1.81. The molecule has 0 N–H and O–H groups in total. The number of ether oxygens (including phenoxy) is 1. The number of imidazole rings is 1. The second-order valence-corrected chi connectivity index (χ2v) is 5.60. The largest absolute Gasteiger partial charge is 0.485 e. The standard InChI is InChI=1S/C19H17N3O2/c1-13-7-3-6-10-18(13)24-12-17(23)14(11-20)19-21-15-8-4-5-9-16(15)22(19)2/h3-10,14H,12H2,1-2H3. The van der Waals surface area contributed by atoms with E-state index in [0.717, 1.165) is 16.6 Å². The molecule has 5 heteroatoms. The molecule has 3 rings (SSSR count). The number of Topliss-reactive ketones (excluding diaryl/α,β-unsaturated/α-hetero) is 1. The predicted octanol–water partition coefficient (Wildman–Crippen LogP) is 3.14. The molecular formula is C19H17N3O2. The quantitative estimate of drug-likeness (QED) is 0.724. The van der Waals surface area contributed by atoms with Gasteiger partial charge in [-0.2, -0.15) is 5.26 Å².